The zero-order chi connectivity index (χ0) is 21.1. The number of anilines is 2. The SMILES string of the molecule is Cc1ccccc1NC(=O)CN1C(=O)NC(=Cc2ccc(N3CCCC3)cc2)C1=O. The number of imide groups is 1. The molecule has 2 aliphatic heterocycles. The third-order valence-electron chi connectivity index (χ3n) is 5.36. The highest BCUT2D eigenvalue weighted by atomic mass is 16.2. The van der Waals surface area contributed by atoms with Gasteiger partial charge in [0, 0.05) is 24.5 Å². The molecule has 0 saturated carbocycles. The van der Waals surface area contributed by atoms with Crippen LogP contribution >= 0.6 is 0 Å². The summed E-state index contributed by atoms with van der Waals surface area (Å²) in [6.07, 6.45) is 4.05. The number of aryl methyl sites for hydroxylation is 1. The van der Waals surface area contributed by atoms with Gasteiger partial charge in [-0.05, 0) is 55.2 Å². The molecule has 0 atom stereocenters. The number of nitrogens with one attached hydrogen (secondary N) is 2. The van der Waals surface area contributed by atoms with Gasteiger partial charge in [-0.25, -0.2) is 9.69 Å². The molecule has 2 fully saturated rings. The van der Waals surface area contributed by atoms with Crippen LogP contribution in [0.5, 0.6) is 0 Å². The van der Waals surface area contributed by atoms with Crippen molar-refractivity contribution in [1.29, 1.82) is 0 Å². The fraction of sp³-hybridized carbons (Fsp3) is 0.261. The second-order valence-corrected chi connectivity index (χ2v) is 7.53. The minimum Gasteiger partial charge on any atom is -0.372 e. The summed E-state index contributed by atoms with van der Waals surface area (Å²) in [4.78, 5) is 40.4. The Morgan fingerprint density at radius 3 is 2.47 bits per heavy atom. The van der Waals surface area contributed by atoms with Gasteiger partial charge in [-0.15, -0.1) is 0 Å². The molecule has 7 heteroatoms. The molecule has 4 rings (SSSR count). The van der Waals surface area contributed by atoms with E-state index < -0.39 is 17.8 Å². The first-order chi connectivity index (χ1) is 14.5. The van der Waals surface area contributed by atoms with Crippen LogP contribution in [0.15, 0.2) is 54.2 Å². The number of hydrogen-bond donors (Lipinski definition) is 2. The molecule has 154 valence electrons. The van der Waals surface area contributed by atoms with E-state index in [-0.39, 0.29) is 12.2 Å². The van der Waals surface area contributed by atoms with Crippen molar-refractivity contribution >= 4 is 35.3 Å². The number of hydrogen-bond acceptors (Lipinski definition) is 4. The van der Waals surface area contributed by atoms with E-state index in [1.165, 1.54) is 12.8 Å². The van der Waals surface area contributed by atoms with Gasteiger partial charge in [-0.3, -0.25) is 9.59 Å². The molecule has 2 heterocycles. The van der Waals surface area contributed by atoms with Crippen LogP contribution in [0.2, 0.25) is 0 Å². The molecule has 2 aliphatic rings. The smallest absolute Gasteiger partial charge is 0.329 e. The number of carbonyl (C=O) groups excluding carboxylic acids is 3. The highest BCUT2D eigenvalue weighted by Gasteiger charge is 2.34. The summed E-state index contributed by atoms with van der Waals surface area (Å²) in [7, 11) is 0. The van der Waals surface area contributed by atoms with Crippen LogP contribution in [0.1, 0.15) is 24.0 Å². The predicted molar refractivity (Wildman–Crippen MR) is 116 cm³/mol. The topological polar surface area (TPSA) is 81.8 Å². The van der Waals surface area contributed by atoms with Crippen molar-refractivity contribution in [1.82, 2.24) is 10.2 Å². The molecule has 2 aromatic rings. The average Bonchev–Trinajstić information content (AvgIpc) is 3.35. The molecule has 30 heavy (non-hydrogen) atoms. The van der Waals surface area contributed by atoms with Crippen molar-refractivity contribution in [3.8, 4) is 0 Å². The third kappa shape index (κ3) is 4.20. The molecule has 0 radical (unpaired) electrons. The summed E-state index contributed by atoms with van der Waals surface area (Å²) in [6.45, 7) is 3.66. The zero-order valence-electron chi connectivity index (χ0n) is 16.9. The second kappa shape index (κ2) is 8.41. The van der Waals surface area contributed by atoms with Crippen molar-refractivity contribution in [3.63, 3.8) is 0 Å². The second-order valence-electron chi connectivity index (χ2n) is 7.53. The predicted octanol–water partition coefficient (Wildman–Crippen LogP) is 3.13. The lowest BCUT2D eigenvalue weighted by molar-refractivity contribution is -0.127. The van der Waals surface area contributed by atoms with Crippen molar-refractivity contribution in [2.75, 3.05) is 29.9 Å². The Hall–Kier alpha value is -3.61. The Labute approximate surface area is 175 Å². The fourth-order valence-electron chi connectivity index (χ4n) is 3.69. The van der Waals surface area contributed by atoms with Gasteiger partial charge in [0.2, 0.25) is 5.91 Å². The molecule has 2 N–H and O–H groups in total. The molecule has 0 spiro atoms. The van der Waals surface area contributed by atoms with E-state index >= 15 is 0 Å². The van der Waals surface area contributed by atoms with Crippen LogP contribution in [0, 0.1) is 6.92 Å². The number of para-hydroxylation sites is 1. The number of nitrogens with zero attached hydrogens (tertiary/aromatic N) is 2. The van der Waals surface area contributed by atoms with Crippen LogP contribution in [0.25, 0.3) is 6.08 Å². The van der Waals surface area contributed by atoms with E-state index in [4.69, 9.17) is 0 Å². The molecule has 0 aromatic heterocycles. The Balaban J connectivity index is 1.41. The van der Waals surface area contributed by atoms with Crippen molar-refractivity contribution in [2.24, 2.45) is 0 Å². The molecule has 2 saturated heterocycles. The summed E-state index contributed by atoms with van der Waals surface area (Å²) < 4.78 is 0. The number of rotatable bonds is 5. The zero-order valence-corrected chi connectivity index (χ0v) is 16.9. The van der Waals surface area contributed by atoms with Crippen LogP contribution in [-0.2, 0) is 9.59 Å². The van der Waals surface area contributed by atoms with Crippen molar-refractivity contribution in [2.45, 2.75) is 19.8 Å². The maximum Gasteiger partial charge on any atom is 0.329 e. The Morgan fingerprint density at radius 2 is 1.77 bits per heavy atom. The van der Waals surface area contributed by atoms with Gasteiger partial charge in [-0.1, -0.05) is 30.3 Å². The van der Waals surface area contributed by atoms with E-state index in [0.717, 1.165) is 34.8 Å². The van der Waals surface area contributed by atoms with E-state index in [9.17, 15) is 14.4 Å². The summed E-state index contributed by atoms with van der Waals surface area (Å²) in [6, 6.07) is 14.6. The molecular formula is C23H24N4O3. The minimum absolute atomic E-state index is 0.164. The van der Waals surface area contributed by atoms with Crippen LogP contribution in [-0.4, -0.2) is 42.4 Å². The highest BCUT2D eigenvalue weighted by Crippen LogP contribution is 2.22. The normalized spacial score (nSPS) is 17.6. The number of amides is 4. The van der Waals surface area contributed by atoms with Crippen molar-refractivity contribution in [3.05, 3.63) is 65.4 Å². The van der Waals surface area contributed by atoms with Gasteiger partial charge in [0.05, 0.1) is 0 Å². The molecule has 0 bridgehead atoms. The summed E-state index contributed by atoms with van der Waals surface area (Å²) in [5, 5.41) is 5.30. The lowest BCUT2D eigenvalue weighted by Crippen LogP contribution is -2.38. The fourth-order valence-corrected chi connectivity index (χ4v) is 3.69. The van der Waals surface area contributed by atoms with Gasteiger partial charge in [0.15, 0.2) is 0 Å². The quantitative estimate of drug-likeness (QED) is 0.593. The third-order valence-corrected chi connectivity index (χ3v) is 5.36. The summed E-state index contributed by atoms with van der Waals surface area (Å²) in [5.41, 5.74) is 3.70. The van der Waals surface area contributed by atoms with Gasteiger partial charge in [0.25, 0.3) is 5.91 Å². The standard InChI is InChI=1S/C23H24N4O3/c1-16-6-2-3-7-19(16)24-21(28)15-27-22(29)20(25-23(27)30)14-17-8-10-18(11-9-17)26-12-4-5-13-26/h2-3,6-11,14H,4-5,12-13,15H2,1H3,(H,24,28)(H,25,30). The molecule has 4 amide bonds. The largest absolute Gasteiger partial charge is 0.372 e. The molecule has 0 aliphatic carbocycles. The monoisotopic (exact) mass is 404 g/mol. The van der Waals surface area contributed by atoms with Gasteiger partial charge < -0.3 is 15.5 Å². The number of benzene rings is 2. The average molecular weight is 404 g/mol. The molecule has 0 unspecified atom stereocenters. The Bertz CT molecular complexity index is 1010. The maximum absolute atomic E-state index is 12.6. The van der Waals surface area contributed by atoms with Crippen LogP contribution < -0.4 is 15.5 Å². The number of carbonyl (C=O) groups is 3. The van der Waals surface area contributed by atoms with Gasteiger partial charge >= 0.3 is 6.03 Å². The van der Waals surface area contributed by atoms with Crippen molar-refractivity contribution < 1.29 is 14.4 Å². The van der Waals surface area contributed by atoms with E-state index in [0.29, 0.717) is 5.69 Å². The van der Waals surface area contributed by atoms with Gasteiger partial charge in [0.1, 0.15) is 12.2 Å². The first-order valence-corrected chi connectivity index (χ1v) is 10.1. The molecule has 7 nitrogen and oxygen atoms in total. The van der Waals surface area contributed by atoms with E-state index in [2.05, 4.69) is 15.5 Å². The first kappa shape index (κ1) is 19.7. The van der Waals surface area contributed by atoms with Gasteiger partial charge in [-0.2, -0.15) is 0 Å². The maximum atomic E-state index is 12.6. The summed E-state index contributed by atoms with van der Waals surface area (Å²) >= 11 is 0. The summed E-state index contributed by atoms with van der Waals surface area (Å²) in [5.74, 6) is -0.937. The Morgan fingerprint density at radius 1 is 1.07 bits per heavy atom. The molecular weight excluding hydrogens is 380 g/mol. The Kier molecular flexibility index (Phi) is 5.52. The highest BCUT2D eigenvalue weighted by molar-refractivity contribution is 6.16. The number of urea groups is 1. The first-order valence-electron chi connectivity index (χ1n) is 10.1. The van der Waals surface area contributed by atoms with Crippen LogP contribution in [0.3, 0.4) is 0 Å². The minimum atomic E-state index is -0.597. The van der Waals surface area contributed by atoms with Crippen LogP contribution in [0.4, 0.5) is 16.2 Å². The lowest BCUT2D eigenvalue weighted by atomic mass is 10.1. The van der Waals surface area contributed by atoms with E-state index in [1.54, 1.807) is 12.1 Å². The lowest BCUT2D eigenvalue weighted by Gasteiger charge is -2.17. The molecule has 2 aromatic carbocycles. The van der Waals surface area contributed by atoms with E-state index in [1.807, 2.05) is 49.4 Å².